The lowest BCUT2D eigenvalue weighted by atomic mass is 10.2. The number of nitrogens with one attached hydrogen (secondary N) is 1. The van der Waals surface area contributed by atoms with Crippen LogP contribution < -0.4 is 4.72 Å². The zero-order valence-corrected chi connectivity index (χ0v) is 16.9. The van der Waals surface area contributed by atoms with Crippen molar-refractivity contribution < 1.29 is 26.9 Å². The number of benzene rings is 2. The topological polar surface area (TPSA) is 125 Å². The van der Waals surface area contributed by atoms with E-state index in [2.05, 4.69) is 14.9 Å². The fourth-order valence-corrected chi connectivity index (χ4v) is 3.65. The van der Waals surface area contributed by atoms with Crippen LogP contribution >= 0.6 is 0 Å². The Labute approximate surface area is 177 Å². The first kappa shape index (κ1) is 20.5. The average molecular weight is 439 g/mol. The summed E-state index contributed by atoms with van der Waals surface area (Å²) in [5.41, 5.74) is 0.967. The summed E-state index contributed by atoms with van der Waals surface area (Å²) in [5, 5.41) is 3.85. The quantitative estimate of drug-likeness (QED) is 0.415. The van der Waals surface area contributed by atoms with Crippen LogP contribution in [0.3, 0.4) is 0 Å². The van der Waals surface area contributed by atoms with Crippen LogP contribution in [0.1, 0.15) is 22.0 Å². The molecule has 0 bridgehead atoms. The van der Waals surface area contributed by atoms with E-state index in [-0.39, 0.29) is 29.5 Å². The molecule has 2 heterocycles. The van der Waals surface area contributed by atoms with Crippen LogP contribution in [0.15, 0.2) is 86.8 Å². The highest BCUT2D eigenvalue weighted by atomic mass is 32.2. The third kappa shape index (κ3) is 5.05. The second kappa shape index (κ2) is 8.94. The number of ether oxygens (including phenoxy) is 1. The van der Waals surface area contributed by atoms with E-state index in [9.17, 15) is 13.2 Å². The van der Waals surface area contributed by atoms with Gasteiger partial charge >= 0.3 is 5.97 Å². The molecule has 0 amide bonds. The van der Waals surface area contributed by atoms with Crippen LogP contribution in [-0.4, -0.2) is 24.5 Å². The molecule has 9 nitrogen and oxygen atoms in total. The third-order valence-corrected chi connectivity index (χ3v) is 5.66. The van der Waals surface area contributed by atoms with Crippen LogP contribution in [-0.2, 0) is 27.9 Å². The first-order chi connectivity index (χ1) is 15.0. The Morgan fingerprint density at radius 3 is 2.48 bits per heavy atom. The summed E-state index contributed by atoms with van der Waals surface area (Å²) in [6.07, 6.45) is 1.46. The van der Waals surface area contributed by atoms with Crippen LogP contribution in [0.4, 0.5) is 0 Å². The molecular weight excluding hydrogens is 422 g/mol. The standard InChI is InChI=1S/C21H17N3O6S/c25-21(29-14-19-23-20(24-30-19)15-5-2-1-3-6-15)16-8-10-18(11-9-16)31(26,27)22-13-17-7-4-12-28-17/h1-12,22H,13-14H2. The largest absolute Gasteiger partial charge is 0.468 e. The minimum absolute atomic E-state index is 0.0139. The number of esters is 1. The molecule has 0 spiro atoms. The highest BCUT2D eigenvalue weighted by Gasteiger charge is 2.17. The molecule has 4 rings (SSSR count). The van der Waals surface area contributed by atoms with Crippen molar-refractivity contribution in [3.05, 3.63) is 90.2 Å². The highest BCUT2D eigenvalue weighted by Crippen LogP contribution is 2.16. The summed E-state index contributed by atoms with van der Waals surface area (Å²) >= 11 is 0. The van der Waals surface area contributed by atoms with Crippen molar-refractivity contribution in [2.75, 3.05) is 0 Å². The van der Waals surface area contributed by atoms with Gasteiger partial charge in [-0.05, 0) is 36.4 Å². The second-order valence-corrected chi connectivity index (χ2v) is 8.15. The molecule has 0 fully saturated rings. The molecule has 0 unspecified atom stereocenters. The Hall–Kier alpha value is -3.76. The van der Waals surface area contributed by atoms with E-state index < -0.39 is 16.0 Å². The van der Waals surface area contributed by atoms with Crippen molar-refractivity contribution in [2.45, 2.75) is 18.0 Å². The molecule has 4 aromatic rings. The molecule has 0 aliphatic rings. The number of carbonyl (C=O) groups is 1. The van der Waals surface area contributed by atoms with E-state index in [1.54, 1.807) is 12.1 Å². The first-order valence-corrected chi connectivity index (χ1v) is 10.7. The number of aromatic nitrogens is 2. The Morgan fingerprint density at radius 2 is 1.77 bits per heavy atom. The van der Waals surface area contributed by atoms with Crippen LogP contribution in [0.2, 0.25) is 0 Å². The van der Waals surface area contributed by atoms with Gasteiger partial charge in [0.25, 0.3) is 5.89 Å². The Kier molecular flexibility index (Phi) is 5.92. The summed E-state index contributed by atoms with van der Waals surface area (Å²) in [7, 11) is -3.75. The van der Waals surface area contributed by atoms with Crippen LogP contribution in [0.5, 0.6) is 0 Å². The SMILES string of the molecule is O=C(OCc1nc(-c2ccccc2)no1)c1ccc(S(=O)(=O)NCc2ccco2)cc1. The normalized spacial score (nSPS) is 11.4. The summed E-state index contributed by atoms with van der Waals surface area (Å²) in [6.45, 7) is -0.183. The van der Waals surface area contributed by atoms with Crippen molar-refractivity contribution in [1.29, 1.82) is 0 Å². The van der Waals surface area contributed by atoms with E-state index in [0.29, 0.717) is 11.6 Å². The van der Waals surface area contributed by atoms with Gasteiger partial charge in [0, 0.05) is 5.56 Å². The van der Waals surface area contributed by atoms with Crippen LogP contribution in [0, 0.1) is 0 Å². The van der Waals surface area contributed by atoms with Gasteiger partial charge in [-0.1, -0.05) is 35.5 Å². The molecule has 0 atom stereocenters. The fraction of sp³-hybridized carbons (Fsp3) is 0.0952. The Bertz CT molecular complexity index is 1250. The number of carbonyl (C=O) groups excluding carboxylic acids is 1. The number of nitrogens with zero attached hydrogens (tertiary/aromatic N) is 2. The predicted octanol–water partition coefficient (Wildman–Crippen LogP) is 3.17. The fourth-order valence-electron chi connectivity index (χ4n) is 2.66. The maximum atomic E-state index is 12.3. The zero-order valence-electron chi connectivity index (χ0n) is 16.1. The summed E-state index contributed by atoms with van der Waals surface area (Å²) in [6, 6.07) is 17.9. The predicted molar refractivity (Wildman–Crippen MR) is 108 cm³/mol. The molecule has 0 saturated heterocycles. The van der Waals surface area contributed by atoms with Gasteiger partial charge in [-0.15, -0.1) is 0 Å². The van der Waals surface area contributed by atoms with Crippen molar-refractivity contribution in [3.63, 3.8) is 0 Å². The van der Waals surface area contributed by atoms with Crippen molar-refractivity contribution in [3.8, 4) is 11.4 Å². The monoisotopic (exact) mass is 439 g/mol. The molecule has 0 aliphatic heterocycles. The van der Waals surface area contributed by atoms with E-state index in [0.717, 1.165) is 5.56 Å². The summed E-state index contributed by atoms with van der Waals surface area (Å²) in [4.78, 5) is 16.4. The minimum atomic E-state index is -3.75. The molecule has 0 radical (unpaired) electrons. The zero-order chi connectivity index (χ0) is 21.7. The van der Waals surface area contributed by atoms with E-state index >= 15 is 0 Å². The lowest BCUT2D eigenvalue weighted by molar-refractivity contribution is 0.0429. The number of sulfonamides is 1. The average Bonchev–Trinajstić information content (AvgIpc) is 3.49. The molecule has 0 aliphatic carbocycles. The highest BCUT2D eigenvalue weighted by molar-refractivity contribution is 7.89. The molecule has 0 saturated carbocycles. The van der Waals surface area contributed by atoms with Gasteiger partial charge in [0.05, 0.1) is 23.3 Å². The van der Waals surface area contributed by atoms with Crippen LogP contribution in [0.25, 0.3) is 11.4 Å². The first-order valence-electron chi connectivity index (χ1n) is 9.18. The Balaban J connectivity index is 1.34. The van der Waals surface area contributed by atoms with Gasteiger partial charge < -0.3 is 13.7 Å². The molecule has 10 heteroatoms. The summed E-state index contributed by atoms with van der Waals surface area (Å²) < 4.78 is 42.5. The molecule has 158 valence electrons. The third-order valence-electron chi connectivity index (χ3n) is 4.24. The molecule has 1 N–H and O–H groups in total. The number of hydrogen-bond acceptors (Lipinski definition) is 8. The number of rotatable bonds is 8. The molecule has 31 heavy (non-hydrogen) atoms. The van der Waals surface area contributed by atoms with Gasteiger partial charge in [0.1, 0.15) is 5.76 Å². The molecule has 2 aromatic heterocycles. The Morgan fingerprint density at radius 1 is 1.00 bits per heavy atom. The molecule has 2 aromatic carbocycles. The van der Waals surface area contributed by atoms with Crippen molar-refractivity contribution in [1.82, 2.24) is 14.9 Å². The summed E-state index contributed by atoms with van der Waals surface area (Å²) in [5.74, 6) is 0.379. The maximum absolute atomic E-state index is 12.3. The maximum Gasteiger partial charge on any atom is 0.338 e. The van der Waals surface area contributed by atoms with Gasteiger partial charge in [-0.2, -0.15) is 4.98 Å². The number of furan rings is 1. The smallest absolute Gasteiger partial charge is 0.338 e. The van der Waals surface area contributed by atoms with Crippen molar-refractivity contribution in [2.24, 2.45) is 0 Å². The van der Waals surface area contributed by atoms with Gasteiger partial charge in [0.15, 0.2) is 6.61 Å². The minimum Gasteiger partial charge on any atom is -0.468 e. The van der Waals surface area contributed by atoms with Gasteiger partial charge in [-0.25, -0.2) is 17.9 Å². The van der Waals surface area contributed by atoms with Gasteiger partial charge in [-0.3, -0.25) is 0 Å². The van der Waals surface area contributed by atoms with Gasteiger partial charge in [0.2, 0.25) is 15.8 Å². The van der Waals surface area contributed by atoms with E-state index in [4.69, 9.17) is 13.7 Å². The number of hydrogen-bond donors (Lipinski definition) is 1. The van der Waals surface area contributed by atoms with E-state index in [1.165, 1.54) is 30.5 Å². The van der Waals surface area contributed by atoms with Crippen molar-refractivity contribution >= 4 is 16.0 Å². The lowest BCUT2D eigenvalue weighted by Gasteiger charge is -2.06. The lowest BCUT2D eigenvalue weighted by Crippen LogP contribution is -2.23. The van der Waals surface area contributed by atoms with E-state index in [1.807, 2.05) is 30.3 Å². The second-order valence-electron chi connectivity index (χ2n) is 6.38. The molecular formula is C21H17N3O6S.